The van der Waals surface area contributed by atoms with Crippen molar-refractivity contribution in [3.8, 4) is 0 Å². The summed E-state index contributed by atoms with van der Waals surface area (Å²) in [6.07, 6.45) is -5.13. The normalized spacial score (nSPS) is 13.1. The Morgan fingerprint density at radius 3 is 2.19 bits per heavy atom. The van der Waals surface area contributed by atoms with E-state index in [0.29, 0.717) is 0 Å². The number of aliphatic hydroxyl groups is 1. The number of aliphatic hydroxyl groups excluding tert-OH is 1. The van der Waals surface area contributed by atoms with Gasteiger partial charge in [-0.2, -0.15) is 18.3 Å². The molecule has 0 saturated heterocycles. The maximum absolute atomic E-state index is 12.3. The van der Waals surface area contributed by atoms with Gasteiger partial charge in [-0.05, 0) is 12.1 Å². The van der Waals surface area contributed by atoms with E-state index in [1.807, 2.05) is 0 Å². The fraction of sp³-hybridized carbons (Fsp3) is 0.182. The van der Waals surface area contributed by atoms with Gasteiger partial charge in [-0.3, -0.25) is 14.9 Å². The van der Waals surface area contributed by atoms with Gasteiger partial charge >= 0.3 is 6.18 Å². The molecule has 21 heavy (non-hydrogen) atoms. The first-order valence-electron chi connectivity index (χ1n) is 5.30. The van der Waals surface area contributed by atoms with Crippen LogP contribution in [0.25, 0.3) is 0 Å². The molecule has 0 aliphatic heterocycles. The number of ketones is 1. The lowest BCUT2D eigenvalue weighted by Gasteiger charge is -2.06. The second-order valence-electron chi connectivity index (χ2n) is 3.72. The molecule has 7 nitrogen and oxygen atoms in total. The average molecular weight is 303 g/mol. The minimum Gasteiger partial charge on any atom is -0.503 e. The van der Waals surface area contributed by atoms with Gasteiger partial charge in [0, 0.05) is 19.1 Å². The molecular formula is C11H8F3N3O4. The Bertz CT molecular complexity index is 621. The van der Waals surface area contributed by atoms with E-state index in [9.17, 15) is 28.1 Å². The molecule has 0 amide bonds. The minimum absolute atomic E-state index is 0.0191. The summed E-state index contributed by atoms with van der Waals surface area (Å²) in [6, 6.07) is 4.39. The molecule has 1 aromatic carbocycles. The number of nitro benzene ring substituents is 1. The van der Waals surface area contributed by atoms with E-state index >= 15 is 0 Å². The van der Waals surface area contributed by atoms with Gasteiger partial charge in [0.15, 0.2) is 11.5 Å². The summed E-state index contributed by atoms with van der Waals surface area (Å²) in [4.78, 5) is 20.8. The Morgan fingerprint density at radius 1 is 1.29 bits per heavy atom. The molecule has 0 aliphatic rings. The topological polar surface area (TPSA) is 105 Å². The number of benzene rings is 1. The second kappa shape index (κ2) is 6.11. The molecule has 0 aromatic heterocycles. The number of rotatable bonds is 4. The number of azo groups is 1. The monoisotopic (exact) mass is 303 g/mol. The highest BCUT2D eigenvalue weighted by molar-refractivity contribution is 5.93. The molecule has 1 rings (SSSR count). The number of Topliss-reactive ketones (excluding diaryl/α,β-unsaturated/α-hetero) is 1. The van der Waals surface area contributed by atoms with Gasteiger partial charge in [-0.25, -0.2) is 0 Å². The summed E-state index contributed by atoms with van der Waals surface area (Å²) >= 11 is 0. The number of hydrogen-bond donors (Lipinski definition) is 1. The number of alkyl halides is 3. The van der Waals surface area contributed by atoms with E-state index in [1.165, 1.54) is 0 Å². The van der Waals surface area contributed by atoms with E-state index in [0.717, 1.165) is 31.2 Å². The number of non-ortho nitro benzene ring substituents is 1. The lowest BCUT2D eigenvalue weighted by Crippen LogP contribution is -2.16. The number of carbonyl (C=O) groups excluding carboxylic acids is 1. The zero-order valence-electron chi connectivity index (χ0n) is 10.5. The Hall–Kier alpha value is -2.78. The van der Waals surface area contributed by atoms with E-state index in [2.05, 4.69) is 10.2 Å². The third-order valence-corrected chi connectivity index (χ3v) is 2.15. The van der Waals surface area contributed by atoms with Crippen molar-refractivity contribution >= 4 is 17.2 Å². The van der Waals surface area contributed by atoms with Gasteiger partial charge in [0.25, 0.3) is 5.69 Å². The maximum Gasteiger partial charge on any atom is 0.451 e. The zero-order chi connectivity index (χ0) is 16.2. The summed E-state index contributed by atoms with van der Waals surface area (Å²) in [5.74, 6) is -3.28. The largest absolute Gasteiger partial charge is 0.503 e. The molecule has 0 spiro atoms. The molecule has 0 heterocycles. The molecule has 0 aliphatic carbocycles. The molecule has 0 bridgehead atoms. The highest BCUT2D eigenvalue weighted by Crippen LogP contribution is 2.28. The summed E-state index contributed by atoms with van der Waals surface area (Å²) in [5.41, 5.74) is -1.51. The van der Waals surface area contributed by atoms with Crippen LogP contribution in [0.2, 0.25) is 0 Å². The fourth-order valence-corrected chi connectivity index (χ4v) is 1.17. The Balaban J connectivity index is 3.10. The van der Waals surface area contributed by atoms with Crippen molar-refractivity contribution in [2.45, 2.75) is 13.1 Å². The van der Waals surface area contributed by atoms with Gasteiger partial charge in [-0.1, -0.05) is 0 Å². The Morgan fingerprint density at radius 2 is 1.81 bits per heavy atom. The Labute approximate surface area is 115 Å². The van der Waals surface area contributed by atoms with Gasteiger partial charge < -0.3 is 5.11 Å². The SMILES string of the molecule is CC(=O)/C(N=Nc1ccc([N+](=O)[O-])cc1)=C(\O)C(F)(F)F. The summed E-state index contributed by atoms with van der Waals surface area (Å²) < 4.78 is 36.9. The molecule has 10 heteroatoms. The number of halogens is 3. The van der Waals surface area contributed by atoms with Crippen LogP contribution in [-0.4, -0.2) is 22.0 Å². The van der Waals surface area contributed by atoms with Gasteiger partial charge in [0.1, 0.15) is 0 Å². The van der Waals surface area contributed by atoms with Crippen LogP contribution in [0.3, 0.4) is 0 Å². The molecule has 1 aromatic rings. The predicted molar refractivity (Wildman–Crippen MR) is 64.0 cm³/mol. The molecule has 0 saturated carbocycles. The molecular weight excluding hydrogens is 295 g/mol. The molecule has 0 atom stereocenters. The smallest absolute Gasteiger partial charge is 0.451 e. The Kier molecular flexibility index (Phi) is 4.74. The van der Waals surface area contributed by atoms with Crippen LogP contribution in [0.1, 0.15) is 6.92 Å². The average Bonchev–Trinajstić information content (AvgIpc) is 2.37. The van der Waals surface area contributed by atoms with Crippen molar-refractivity contribution in [1.29, 1.82) is 0 Å². The van der Waals surface area contributed by atoms with Crippen molar-refractivity contribution in [3.63, 3.8) is 0 Å². The first-order chi connectivity index (χ1) is 9.62. The van der Waals surface area contributed by atoms with Crippen molar-refractivity contribution in [2.75, 3.05) is 0 Å². The number of nitrogens with zero attached hydrogens (tertiary/aromatic N) is 3. The third kappa shape index (κ3) is 4.37. The van der Waals surface area contributed by atoms with Crippen LogP contribution in [0.4, 0.5) is 24.5 Å². The first kappa shape index (κ1) is 16.3. The van der Waals surface area contributed by atoms with Crippen LogP contribution in [-0.2, 0) is 4.79 Å². The van der Waals surface area contributed by atoms with Crippen LogP contribution < -0.4 is 0 Å². The quantitative estimate of drug-likeness (QED) is 0.301. The van der Waals surface area contributed by atoms with Crippen molar-refractivity contribution in [2.24, 2.45) is 10.2 Å². The third-order valence-electron chi connectivity index (χ3n) is 2.15. The lowest BCUT2D eigenvalue weighted by molar-refractivity contribution is -0.384. The van der Waals surface area contributed by atoms with E-state index in [4.69, 9.17) is 5.11 Å². The fourth-order valence-electron chi connectivity index (χ4n) is 1.17. The van der Waals surface area contributed by atoms with Gasteiger partial charge in [0.2, 0.25) is 5.76 Å². The van der Waals surface area contributed by atoms with Gasteiger partial charge in [0.05, 0.1) is 10.6 Å². The summed E-state index contributed by atoms with van der Waals surface area (Å²) in [7, 11) is 0. The molecule has 1 N–H and O–H groups in total. The van der Waals surface area contributed by atoms with E-state index in [-0.39, 0.29) is 11.4 Å². The number of carbonyl (C=O) groups is 1. The standard InChI is InChI=1S/C11H8F3N3O4/c1-6(18)9(10(19)11(12,13)14)16-15-7-2-4-8(5-3-7)17(20)21/h2-5,19H,1H3/b10-9+,16-15?. The summed E-state index contributed by atoms with van der Waals surface area (Å²) in [5, 5.41) is 25.7. The van der Waals surface area contributed by atoms with Gasteiger partial charge in [-0.15, -0.1) is 5.11 Å². The maximum atomic E-state index is 12.3. The molecule has 112 valence electrons. The highest BCUT2D eigenvalue weighted by atomic mass is 19.4. The van der Waals surface area contributed by atoms with Crippen LogP contribution in [0.5, 0.6) is 0 Å². The van der Waals surface area contributed by atoms with Crippen molar-refractivity contribution in [3.05, 3.63) is 45.8 Å². The second-order valence-corrected chi connectivity index (χ2v) is 3.72. The van der Waals surface area contributed by atoms with E-state index in [1.54, 1.807) is 0 Å². The summed E-state index contributed by atoms with van der Waals surface area (Å²) in [6.45, 7) is 0.784. The number of nitro groups is 1. The predicted octanol–water partition coefficient (Wildman–Crippen LogP) is 3.60. The highest BCUT2D eigenvalue weighted by Gasteiger charge is 2.38. The molecule has 0 radical (unpaired) electrons. The molecule has 0 unspecified atom stereocenters. The first-order valence-corrected chi connectivity index (χ1v) is 5.30. The van der Waals surface area contributed by atoms with Crippen LogP contribution in [0, 0.1) is 10.1 Å². The van der Waals surface area contributed by atoms with Crippen molar-refractivity contribution in [1.82, 2.24) is 0 Å². The van der Waals surface area contributed by atoms with Crippen LogP contribution >= 0.6 is 0 Å². The molecule has 0 fully saturated rings. The minimum atomic E-state index is -5.13. The number of allylic oxidation sites excluding steroid dienone is 2. The lowest BCUT2D eigenvalue weighted by atomic mass is 10.2. The van der Waals surface area contributed by atoms with E-state index < -0.39 is 28.3 Å². The number of hydrogen-bond acceptors (Lipinski definition) is 6. The van der Waals surface area contributed by atoms with Crippen LogP contribution in [0.15, 0.2) is 46.0 Å². The zero-order valence-corrected chi connectivity index (χ0v) is 10.5. The van der Waals surface area contributed by atoms with Crippen molar-refractivity contribution < 1.29 is 28.0 Å².